The van der Waals surface area contributed by atoms with E-state index in [1.807, 2.05) is 24.3 Å². The average Bonchev–Trinajstić information content (AvgIpc) is 3.10. The molecule has 1 N–H and O–H groups in total. The largest absolute Gasteiger partial charge is 0.347 e. The van der Waals surface area contributed by atoms with Crippen molar-refractivity contribution in [3.63, 3.8) is 0 Å². The van der Waals surface area contributed by atoms with Gasteiger partial charge in [-0.25, -0.2) is 5.43 Å². The van der Waals surface area contributed by atoms with Gasteiger partial charge in [-0.2, -0.15) is 5.10 Å². The highest BCUT2D eigenvalue weighted by Gasteiger charge is 2.46. The Balaban J connectivity index is 1.73. The van der Waals surface area contributed by atoms with Crippen molar-refractivity contribution in [2.45, 2.75) is 11.8 Å². The molecule has 5 nitrogen and oxygen atoms in total. The average molecular weight is 439 g/mol. The van der Waals surface area contributed by atoms with Gasteiger partial charge in [-0.3, -0.25) is 4.79 Å². The molecule has 0 spiro atoms. The second-order valence-corrected chi connectivity index (χ2v) is 8.54. The lowest BCUT2D eigenvalue weighted by Gasteiger charge is -2.34. The van der Waals surface area contributed by atoms with Gasteiger partial charge in [0.25, 0.3) is 5.91 Å². The van der Waals surface area contributed by atoms with Crippen LogP contribution in [0.2, 0.25) is 0 Å². The minimum absolute atomic E-state index is 0.227. The minimum Gasteiger partial charge on any atom is -0.347 e. The van der Waals surface area contributed by atoms with Crippen molar-refractivity contribution < 1.29 is 4.79 Å². The number of benzene rings is 3. The Bertz CT molecular complexity index is 1150. The number of rotatable bonds is 7. The molecule has 0 saturated heterocycles. The Hall–Kier alpha value is -3.70. The molecular weight excluding hydrogens is 408 g/mol. The summed E-state index contributed by atoms with van der Waals surface area (Å²) >= 11 is 0. The van der Waals surface area contributed by atoms with E-state index in [0.29, 0.717) is 5.56 Å². The molecule has 1 aliphatic heterocycles. The number of hydrazone groups is 1. The SMILES string of the molecule is CN(C)CCC1(c2ccccc2)/C(=C/C=N/NC(=O)c2ccccc2)N(C)c2ccccc21. The number of carbonyl (C=O) groups is 1. The molecule has 1 atom stereocenters. The summed E-state index contributed by atoms with van der Waals surface area (Å²) in [5.74, 6) is -0.227. The molecule has 33 heavy (non-hydrogen) atoms. The molecular formula is C28H30N4O. The normalized spacial score (nSPS) is 18.8. The summed E-state index contributed by atoms with van der Waals surface area (Å²) in [5, 5.41) is 4.22. The summed E-state index contributed by atoms with van der Waals surface area (Å²) in [7, 11) is 6.31. The molecule has 0 bridgehead atoms. The van der Waals surface area contributed by atoms with Gasteiger partial charge in [0, 0.05) is 30.2 Å². The van der Waals surface area contributed by atoms with Crippen LogP contribution in [0.5, 0.6) is 0 Å². The third kappa shape index (κ3) is 4.45. The van der Waals surface area contributed by atoms with Crippen LogP contribution in [-0.2, 0) is 5.41 Å². The predicted molar refractivity (Wildman–Crippen MR) is 136 cm³/mol. The fraction of sp³-hybridized carbons (Fsp3) is 0.214. The third-order valence-electron chi connectivity index (χ3n) is 6.23. The van der Waals surface area contributed by atoms with Gasteiger partial charge in [-0.1, -0.05) is 66.7 Å². The molecule has 3 aromatic carbocycles. The Morgan fingerprint density at radius 3 is 2.30 bits per heavy atom. The number of hydrogen-bond donors (Lipinski definition) is 1. The number of likely N-dealkylation sites (N-methyl/N-ethyl adjacent to an activating group) is 1. The number of hydrogen-bond acceptors (Lipinski definition) is 4. The molecule has 3 aromatic rings. The topological polar surface area (TPSA) is 47.9 Å². The van der Waals surface area contributed by atoms with Crippen molar-refractivity contribution in [2.24, 2.45) is 5.10 Å². The minimum atomic E-state index is -0.313. The third-order valence-corrected chi connectivity index (χ3v) is 6.23. The zero-order chi connectivity index (χ0) is 23.3. The number of carbonyl (C=O) groups excluding carboxylic acids is 1. The lowest BCUT2D eigenvalue weighted by atomic mass is 9.71. The van der Waals surface area contributed by atoms with Gasteiger partial charge in [-0.15, -0.1) is 0 Å². The van der Waals surface area contributed by atoms with Crippen LogP contribution >= 0.6 is 0 Å². The number of para-hydroxylation sites is 1. The molecule has 0 radical (unpaired) electrons. The van der Waals surface area contributed by atoms with E-state index in [1.165, 1.54) is 16.8 Å². The van der Waals surface area contributed by atoms with Crippen LogP contribution in [0, 0.1) is 0 Å². The number of fused-ring (bicyclic) bond motifs is 1. The summed E-state index contributed by atoms with van der Waals surface area (Å²) in [6.07, 6.45) is 4.63. The summed E-state index contributed by atoms with van der Waals surface area (Å²) in [5.41, 5.74) is 7.76. The fourth-order valence-corrected chi connectivity index (χ4v) is 4.62. The van der Waals surface area contributed by atoms with Gasteiger partial charge in [0.15, 0.2) is 0 Å². The van der Waals surface area contributed by atoms with Gasteiger partial charge < -0.3 is 9.80 Å². The van der Waals surface area contributed by atoms with Crippen LogP contribution in [0.3, 0.4) is 0 Å². The lowest BCUT2D eigenvalue weighted by molar-refractivity contribution is 0.0955. The maximum absolute atomic E-state index is 12.3. The highest BCUT2D eigenvalue weighted by atomic mass is 16.2. The zero-order valence-electron chi connectivity index (χ0n) is 19.4. The first-order valence-corrected chi connectivity index (χ1v) is 11.2. The Kier molecular flexibility index (Phi) is 6.71. The Morgan fingerprint density at radius 2 is 1.61 bits per heavy atom. The first-order valence-electron chi connectivity index (χ1n) is 11.2. The van der Waals surface area contributed by atoms with Crippen LogP contribution in [0.4, 0.5) is 5.69 Å². The maximum Gasteiger partial charge on any atom is 0.271 e. The quantitative estimate of drug-likeness (QED) is 0.431. The molecule has 1 amide bonds. The lowest BCUT2D eigenvalue weighted by Crippen LogP contribution is -2.34. The Labute approximate surface area is 196 Å². The maximum atomic E-state index is 12.3. The van der Waals surface area contributed by atoms with E-state index in [2.05, 4.69) is 96.1 Å². The Morgan fingerprint density at radius 1 is 0.970 bits per heavy atom. The molecule has 4 rings (SSSR count). The van der Waals surface area contributed by atoms with E-state index in [-0.39, 0.29) is 11.3 Å². The van der Waals surface area contributed by atoms with E-state index < -0.39 is 0 Å². The van der Waals surface area contributed by atoms with Gasteiger partial charge >= 0.3 is 0 Å². The highest BCUT2D eigenvalue weighted by molar-refractivity contribution is 5.94. The number of allylic oxidation sites excluding steroid dienone is 2. The number of amides is 1. The molecule has 1 unspecified atom stereocenters. The molecule has 0 fully saturated rings. The van der Waals surface area contributed by atoms with E-state index in [9.17, 15) is 4.79 Å². The summed E-state index contributed by atoms with van der Waals surface area (Å²) in [6.45, 7) is 0.927. The van der Waals surface area contributed by atoms with E-state index in [1.54, 1.807) is 18.3 Å². The highest BCUT2D eigenvalue weighted by Crippen LogP contribution is 2.53. The summed E-state index contributed by atoms with van der Waals surface area (Å²) < 4.78 is 0. The van der Waals surface area contributed by atoms with Crippen molar-refractivity contribution in [3.05, 3.63) is 113 Å². The standard InChI is InChI=1S/C28H30N4O/c1-31(2)21-19-28(23-14-8-5-9-15-23)24-16-10-11-17-25(24)32(3)26(28)18-20-29-30-27(33)22-12-6-4-7-13-22/h4-18,20H,19,21H2,1-3H3,(H,30,33)/b26-18-,29-20+. The molecule has 0 aliphatic carbocycles. The monoisotopic (exact) mass is 438 g/mol. The van der Waals surface area contributed by atoms with Gasteiger partial charge in [0.1, 0.15) is 0 Å². The van der Waals surface area contributed by atoms with E-state index >= 15 is 0 Å². The van der Waals surface area contributed by atoms with Gasteiger partial charge in [0.2, 0.25) is 0 Å². The van der Waals surface area contributed by atoms with E-state index in [4.69, 9.17) is 0 Å². The van der Waals surface area contributed by atoms with E-state index in [0.717, 1.165) is 18.7 Å². The molecule has 168 valence electrons. The smallest absolute Gasteiger partial charge is 0.271 e. The summed E-state index contributed by atoms with van der Waals surface area (Å²) in [4.78, 5) is 16.8. The number of nitrogens with zero attached hydrogens (tertiary/aromatic N) is 3. The van der Waals surface area contributed by atoms with Crippen LogP contribution in [0.1, 0.15) is 27.9 Å². The molecule has 1 heterocycles. The second-order valence-electron chi connectivity index (χ2n) is 8.54. The predicted octanol–water partition coefficient (Wildman–Crippen LogP) is 4.67. The van der Waals surface area contributed by atoms with Crippen LogP contribution in [0.25, 0.3) is 0 Å². The first kappa shape index (κ1) is 22.5. The number of anilines is 1. The number of nitrogens with one attached hydrogen (secondary N) is 1. The second kappa shape index (κ2) is 9.84. The van der Waals surface area contributed by atoms with Crippen molar-refractivity contribution in [2.75, 3.05) is 32.6 Å². The molecule has 1 aliphatic rings. The van der Waals surface area contributed by atoms with Crippen molar-refractivity contribution in [1.29, 1.82) is 0 Å². The first-order chi connectivity index (χ1) is 16.0. The molecule has 0 aromatic heterocycles. The summed E-state index contributed by atoms with van der Waals surface area (Å²) in [6, 6.07) is 28.3. The zero-order valence-corrected chi connectivity index (χ0v) is 19.4. The van der Waals surface area contributed by atoms with Crippen molar-refractivity contribution in [3.8, 4) is 0 Å². The van der Waals surface area contributed by atoms with Crippen LogP contribution < -0.4 is 10.3 Å². The van der Waals surface area contributed by atoms with Gasteiger partial charge in [-0.05, 0) is 62.5 Å². The van der Waals surface area contributed by atoms with Crippen LogP contribution in [0.15, 0.2) is 102 Å². The van der Waals surface area contributed by atoms with Gasteiger partial charge in [0.05, 0.1) is 5.41 Å². The van der Waals surface area contributed by atoms with Crippen LogP contribution in [-0.4, -0.2) is 44.7 Å². The van der Waals surface area contributed by atoms with Crippen molar-refractivity contribution >= 4 is 17.8 Å². The molecule has 0 saturated carbocycles. The molecule has 5 heteroatoms. The fourth-order valence-electron chi connectivity index (χ4n) is 4.62. The van der Waals surface area contributed by atoms with Crippen molar-refractivity contribution in [1.82, 2.24) is 10.3 Å².